The van der Waals surface area contributed by atoms with Gasteiger partial charge in [0, 0.05) is 94.6 Å². The Morgan fingerprint density at radius 1 is 1.12 bits per heavy atom. The number of nitrogens with zero attached hydrogens (tertiary/aromatic N) is 7. The molecule has 12 heteroatoms. The smallest absolute Gasteiger partial charge is 0.257 e. The maximum Gasteiger partial charge on any atom is 0.257 e. The lowest BCUT2D eigenvalue weighted by atomic mass is 10.0. The van der Waals surface area contributed by atoms with Crippen LogP contribution in [0.1, 0.15) is 62.2 Å². The first kappa shape index (κ1) is 34.0. The first-order valence-electron chi connectivity index (χ1n) is 17.2. The Morgan fingerprint density at radius 3 is 2.69 bits per heavy atom. The third kappa shape index (κ3) is 7.71. The molecule has 1 aromatic carbocycles. The number of ether oxygens (including phenoxy) is 3. The number of rotatable bonds is 10. The van der Waals surface area contributed by atoms with Crippen LogP contribution in [-0.4, -0.2) is 113 Å². The molecular weight excluding hydrogens is 613 g/mol. The molecular formula is C36H48FN7O4. The number of morpholine rings is 1. The molecule has 48 heavy (non-hydrogen) atoms. The number of pyridine rings is 1. The third-order valence-corrected chi connectivity index (χ3v) is 9.74. The fourth-order valence-corrected chi connectivity index (χ4v) is 6.85. The molecule has 3 aliphatic heterocycles. The fourth-order valence-electron chi connectivity index (χ4n) is 6.85. The summed E-state index contributed by atoms with van der Waals surface area (Å²) in [5.41, 5.74) is 2.47. The Hall–Kier alpha value is -3.87. The first-order valence-corrected chi connectivity index (χ1v) is 17.2. The molecule has 2 aromatic heterocycles. The molecule has 0 aliphatic carbocycles. The number of likely N-dealkylation sites (N-methyl/N-ethyl adjacent to an activating group) is 1. The minimum absolute atomic E-state index is 0.0446. The van der Waals surface area contributed by atoms with Crippen LogP contribution in [0.25, 0.3) is 0 Å². The van der Waals surface area contributed by atoms with Gasteiger partial charge in [0.15, 0.2) is 11.6 Å². The monoisotopic (exact) mass is 661 g/mol. The van der Waals surface area contributed by atoms with E-state index in [9.17, 15) is 9.18 Å². The number of benzene rings is 1. The number of carbonyl (C=O) groups is 1. The van der Waals surface area contributed by atoms with Crippen LogP contribution in [0.15, 0.2) is 43.0 Å². The summed E-state index contributed by atoms with van der Waals surface area (Å²) in [6.07, 6.45) is 7.68. The topological polar surface area (TPSA) is 96.4 Å². The lowest BCUT2D eigenvalue weighted by Crippen LogP contribution is -2.50. The summed E-state index contributed by atoms with van der Waals surface area (Å²) in [6, 6.07) is 6.42. The lowest BCUT2D eigenvalue weighted by Gasteiger charge is -2.39. The maximum absolute atomic E-state index is 14.3. The van der Waals surface area contributed by atoms with E-state index in [0.717, 1.165) is 63.5 Å². The normalized spacial score (nSPS) is 20.9. The average Bonchev–Trinajstić information content (AvgIpc) is 3.08. The summed E-state index contributed by atoms with van der Waals surface area (Å²) in [4.78, 5) is 35.5. The number of halogens is 1. The number of piperidine rings is 1. The summed E-state index contributed by atoms with van der Waals surface area (Å²) in [6.45, 7) is 14.3. The van der Waals surface area contributed by atoms with E-state index >= 15 is 0 Å². The number of hydrogen-bond donors (Lipinski definition) is 0. The molecule has 6 rings (SSSR count). The zero-order chi connectivity index (χ0) is 33.8. The molecule has 11 nitrogen and oxygen atoms in total. The molecule has 5 heterocycles. The first-order chi connectivity index (χ1) is 23.2. The lowest BCUT2D eigenvalue weighted by molar-refractivity contribution is -0.0624. The molecule has 0 N–H and O–H groups in total. The number of amides is 1. The van der Waals surface area contributed by atoms with Crippen LogP contribution in [0.2, 0.25) is 0 Å². The van der Waals surface area contributed by atoms with Crippen molar-refractivity contribution in [3.05, 3.63) is 65.6 Å². The van der Waals surface area contributed by atoms with E-state index in [0.29, 0.717) is 37.2 Å². The Kier molecular flexibility index (Phi) is 10.7. The van der Waals surface area contributed by atoms with Crippen molar-refractivity contribution in [3.63, 3.8) is 0 Å². The Morgan fingerprint density at radius 2 is 1.94 bits per heavy atom. The van der Waals surface area contributed by atoms with Gasteiger partial charge >= 0.3 is 0 Å². The van der Waals surface area contributed by atoms with Gasteiger partial charge in [-0.2, -0.15) is 0 Å². The van der Waals surface area contributed by atoms with Gasteiger partial charge in [-0.3, -0.25) is 19.6 Å². The summed E-state index contributed by atoms with van der Waals surface area (Å²) >= 11 is 0. The summed E-state index contributed by atoms with van der Waals surface area (Å²) < 4.78 is 33.4. The molecule has 3 aromatic rings. The molecule has 0 radical (unpaired) electrons. The SMILES string of the molecule is CCN(C(=O)c1cc(F)ccc1Oc1cncnc1N1CCC(Oc2ccnc3c2CN(C[C@@H]2CN(C)[C@@H](C)CO2)CC3)CC1)C(C)C. The maximum atomic E-state index is 14.3. The van der Waals surface area contributed by atoms with Crippen molar-refractivity contribution in [1.82, 2.24) is 29.7 Å². The van der Waals surface area contributed by atoms with E-state index in [1.54, 1.807) is 11.1 Å². The number of fused-ring (bicyclic) bond motifs is 1. The number of anilines is 1. The predicted octanol–water partition coefficient (Wildman–Crippen LogP) is 4.80. The Bertz CT molecular complexity index is 1570. The highest BCUT2D eigenvalue weighted by Gasteiger charge is 2.30. The molecule has 2 saturated heterocycles. The van der Waals surface area contributed by atoms with Crippen LogP contribution in [-0.2, 0) is 17.7 Å². The van der Waals surface area contributed by atoms with Crippen LogP contribution in [0.3, 0.4) is 0 Å². The van der Waals surface area contributed by atoms with Gasteiger partial charge in [-0.1, -0.05) is 0 Å². The molecule has 0 unspecified atom stereocenters. The van der Waals surface area contributed by atoms with Crippen LogP contribution in [0.5, 0.6) is 17.2 Å². The van der Waals surface area contributed by atoms with Crippen LogP contribution in [0, 0.1) is 5.82 Å². The van der Waals surface area contributed by atoms with E-state index < -0.39 is 5.82 Å². The summed E-state index contributed by atoms with van der Waals surface area (Å²) in [5, 5.41) is 0. The van der Waals surface area contributed by atoms with Crippen LogP contribution < -0.4 is 14.4 Å². The van der Waals surface area contributed by atoms with Gasteiger partial charge < -0.3 is 24.0 Å². The second kappa shape index (κ2) is 15.1. The highest BCUT2D eigenvalue weighted by atomic mass is 19.1. The molecule has 0 bridgehead atoms. The van der Waals surface area contributed by atoms with E-state index in [2.05, 4.69) is 43.6 Å². The van der Waals surface area contributed by atoms with Gasteiger partial charge in [-0.05, 0) is 59.0 Å². The highest BCUT2D eigenvalue weighted by Crippen LogP contribution is 2.35. The molecule has 0 saturated carbocycles. The van der Waals surface area contributed by atoms with Crippen LogP contribution in [0.4, 0.5) is 10.2 Å². The molecule has 0 spiro atoms. The van der Waals surface area contributed by atoms with E-state index in [4.69, 9.17) is 14.2 Å². The van der Waals surface area contributed by atoms with E-state index in [-0.39, 0.29) is 35.5 Å². The van der Waals surface area contributed by atoms with Gasteiger partial charge in [0.25, 0.3) is 5.91 Å². The molecule has 258 valence electrons. The Balaban J connectivity index is 1.10. The van der Waals surface area contributed by atoms with Crippen molar-refractivity contribution in [2.24, 2.45) is 0 Å². The summed E-state index contributed by atoms with van der Waals surface area (Å²) in [5.74, 6) is 1.44. The predicted molar refractivity (Wildman–Crippen MR) is 181 cm³/mol. The van der Waals surface area contributed by atoms with E-state index in [1.807, 2.05) is 33.0 Å². The van der Waals surface area contributed by atoms with Crippen molar-refractivity contribution < 1.29 is 23.4 Å². The number of aromatic nitrogens is 3. The largest absolute Gasteiger partial charge is 0.490 e. The van der Waals surface area contributed by atoms with Gasteiger partial charge in [0.1, 0.15) is 29.7 Å². The average molecular weight is 662 g/mol. The molecule has 2 atom stereocenters. The van der Waals surface area contributed by atoms with Gasteiger partial charge in [-0.15, -0.1) is 0 Å². The zero-order valence-electron chi connectivity index (χ0n) is 28.8. The second-order valence-electron chi connectivity index (χ2n) is 13.4. The molecule has 1 amide bonds. The van der Waals surface area contributed by atoms with Crippen molar-refractivity contribution in [2.45, 2.75) is 77.8 Å². The third-order valence-electron chi connectivity index (χ3n) is 9.74. The quantitative estimate of drug-likeness (QED) is 0.302. The second-order valence-corrected chi connectivity index (χ2v) is 13.4. The van der Waals surface area contributed by atoms with Gasteiger partial charge in [0.2, 0.25) is 0 Å². The van der Waals surface area contributed by atoms with Crippen molar-refractivity contribution >= 4 is 11.7 Å². The van der Waals surface area contributed by atoms with Gasteiger partial charge in [0.05, 0.1) is 24.5 Å². The standard InChI is InChI=1S/C36H48FN7O4/c1-6-44(24(2)3)36(45)29-17-26(37)7-8-32(29)48-34-18-38-23-40-35(34)43-15-10-27(11-16-43)47-33-9-13-39-31-12-14-42(21-30(31)33)20-28-19-41(5)25(4)22-46-28/h7-9,13,17-18,23-25,27-28H,6,10-12,14-16,19-22H2,1-5H3/t25-,28-/m0/s1. The fraction of sp³-hybridized carbons (Fsp3) is 0.556. The molecule has 2 fully saturated rings. The summed E-state index contributed by atoms with van der Waals surface area (Å²) in [7, 11) is 2.17. The highest BCUT2D eigenvalue weighted by molar-refractivity contribution is 5.97. The van der Waals surface area contributed by atoms with Crippen molar-refractivity contribution in [2.75, 3.05) is 57.8 Å². The minimum atomic E-state index is -0.499. The number of hydrogen-bond acceptors (Lipinski definition) is 10. The van der Waals surface area contributed by atoms with Gasteiger partial charge in [-0.25, -0.2) is 14.4 Å². The Labute approximate surface area is 283 Å². The molecule has 3 aliphatic rings. The minimum Gasteiger partial charge on any atom is -0.490 e. The van der Waals surface area contributed by atoms with E-state index in [1.165, 1.54) is 30.1 Å². The zero-order valence-corrected chi connectivity index (χ0v) is 28.8. The van der Waals surface area contributed by atoms with Crippen molar-refractivity contribution in [3.8, 4) is 17.2 Å². The van der Waals surface area contributed by atoms with Crippen molar-refractivity contribution in [1.29, 1.82) is 0 Å². The number of carbonyl (C=O) groups excluding carboxylic acids is 1. The van der Waals surface area contributed by atoms with Crippen LogP contribution >= 0.6 is 0 Å².